The molecule has 0 unspecified atom stereocenters. The van der Waals surface area contributed by atoms with Crippen LogP contribution in [0.1, 0.15) is 21.5 Å². The zero-order valence-electron chi connectivity index (χ0n) is 12.5. The fourth-order valence-electron chi connectivity index (χ4n) is 2.48. The maximum atomic E-state index is 12.8. The van der Waals surface area contributed by atoms with Crippen LogP contribution in [-0.4, -0.2) is 28.0 Å². The summed E-state index contributed by atoms with van der Waals surface area (Å²) in [7, 11) is 0. The molecule has 0 bridgehead atoms. The predicted molar refractivity (Wildman–Crippen MR) is 81.8 cm³/mol. The first-order chi connectivity index (χ1) is 11.4. The summed E-state index contributed by atoms with van der Waals surface area (Å²) in [5, 5.41) is 12.1. The van der Waals surface area contributed by atoms with Gasteiger partial charge in [0, 0.05) is 11.3 Å². The summed E-state index contributed by atoms with van der Waals surface area (Å²) in [6.45, 7) is 0. The Labute approximate surface area is 136 Å². The van der Waals surface area contributed by atoms with Crippen LogP contribution in [-0.2, 0) is 22.4 Å². The molecule has 6 nitrogen and oxygen atoms in total. The van der Waals surface area contributed by atoms with Crippen molar-refractivity contribution in [2.75, 3.05) is 5.32 Å². The zero-order valence-corrected chi connectivity index (χ0v) is 12.5. The second-order valence-electron chi connectivity index (χ2n) is 5.41. The topological polar surface area (TPSA) is 86.7 Å². The predicted octanol–water partition coefficient (Wildman–Crippen LogP) is 1.92. The average molecular weight is 328 g/mol. The Bertz CT molecular complexity index is 833. The zero-order chi connectivity index (χ0) is 17.3. The summed E-state index contributed by atoms with van der Waals surface area (Å²) < 4.78 is 12.8. The Morgan fingerprint density at radius 2 is 1.88 bits per heavy atom. The van der Waals surface area contributed by atoms with Crippen LogP contribution in [0, 0.1) is 5.82 Å². The van der Waals surface area contributed by atoms with Crippen molar-refractivity contribution in [1.29, 1.82) is 0 Å². The third-order valence-electron chi connectivity index (χ3n) is 3.67. The molecular weight excluding hydrogens is 315 g/mol. The molecule has 2 aromatic rings. The Kier molecular flexibility index (Phi) is 4.09. The Hall–Kier alpha value is -3.06. The summed E-state index contributed by atoms with van der Waals surface area (Å²) in [4.78, 5) is 35.3. The lowest BCUT2D eigenvalue weighted by Gasteiger charge is -2.21. The van der Waals surface area contributed by atoms with Gasteiger partial charge in [0.2, 0.25) is 5.91 Å². The third kappa shape index (κ3) is 3.16. The van der Waals surface area contributed by atoms with Gasteiger partial charge in [0.25, 0.3) is 11.8 Å². The molecule has 24 heavy (non-hydrogen) atoms. The van der Waals surface area contributed by atoms with Crippen LogP contribution in [0.25, 0.3) is 0 Å². The van der Waals surface area contributed by atoms with Gasteiger partial charge in [0.15, 0.2) is 0 Å². The summed E-state index contributed by atoms with van der Waals surface area (Å²) in [5.41, 5.74) is 1.75. The number of hydrogen-bond acceptors (Lipinski definition) is 4. The highest BCUT2D eigenvalue weighted by Gasteiger charge is 2.30. The number of hydrogen-bond donors (Lipinski definition) is 2. The van der Waals surface area contributed by atoms with Gasteiger partial charge in [-0.15, -0.1) is 0 Å². The minimum atomic E-state index is -0.787. The van der Waals surface area contributed by atoms with Crippen LogP contribution in [0.3, 0.4) is 0 Å². The largest absolute Gasteiger partial charge is 0.326 e. The summed E-state index contributed by atoms with van der Waals surface area (Å²) in [5.74, 6) is -2.19. The number of anilines is 1. The summed E-state index contributed by atoms with van der Waals surface area (Å²) in [6.07, 6.45) is -0.0567. The fraction of sp³-hybridized carbons (Fsp3) is 0.118. The molecule has 122 valence electrons. The first-order valence-corrected chi connectivity index (χ1v) is 7.17. The van der Waals surface area contributed by atoms with E-state index in [1.54, 1.807) is 0 Å². The van der Waals surface area contributed by atoms with Gasteiger partial charge in [-0.05, 0) is 41.5 Å². The standard InChI is InChI=1S/C17H13FN2O4/c18-12-3-1-10(2-4-12)7-15(21)19-13-5-6-14-11(8-13)9-16(22)20(24)17(14)23/h1-6,8,24H,7,9H2,(H,19,21). The van der Waals surface area contributed by atoms with Crippen molar-refractivity contribution >= 4 is 23.4 Å². The van der Waals surface area contributed by atoms with Crippen molar-refractivity contribution in [2.45, 2.75) is 12.8 Å². The van der Waals surface area contributed by atoms with Crippen molar-refractivity contribution in [3.63, 3.8) is 0 Å². The number of halogens is 1. The van der Waals surface area contributed by atoms with E-state index in [9.17, 15) is 24.0 Å². The Balaban J connectivity index is 1.73. The van der Waals surface area contributed by atoms with E-state index in [0.29, 0.717) is 16.8 Å². The highest BCUT2D eigenvalue weighted by Crippen LogP contribution is 2.22. The van der Waals surface area contributed by atoms with Crippen molar-refractivity contribution < 1.29 is 24.0 Å². The van der Waals surface area contributed by atoms with Crippen molar-refractivity contribution in [1.82, 2.24) is 5.06 Å². The fourth-order valence-corrected chi connectivity index (χ4v) is 2.48. The number of amides is 3. The smallest absolute Gasteiger partial charge is 0.284 e. The molecule has 2 N–H and O–H groups in total. The van der Waals surface area contributed by atoms with Crippen LogP contribution in [0.2, 0.25) is 0 Å². The van der Waals surface area contributed by atoms with Crippen LogP contribution >= 0.6 is 0 Å². The summed E-state index contributed by atoms with van der Waals surface area (Å²) >= 11 is 0. The number of benzene rings is 2. The van der Waals surface area contributed by atoms with Gasteiger partial charge in [-0.25, -0.2) is 4.39 Å². The number of imide groups is 1. The average Bonchev–Trinajstić information content (AvgIpc) is 2.55. The van der Waals surface area contributed by atoms with E-state index in [4.69, 9.17) is 0 Å². The normalized spacial score (nSPS) is 13.7. The van der Waals surface area contributed by atoms with E-state index >= 15 is 0 Å². The number of nitrogens with zero attached hydrogens (tertiary/aromatic N) is 1. The van der Waals surface area contributed by atoms with Crippen molar-refractivity contribution in [3.8, 4) is 0 Å². The molecule has 1 aliphatic rings. The van der Waals surface area contributed by atoms with E-state index in [0.717, 1.165) is 0 Å². The number of carbonyl (C=O) groups excluding carboxylic acids is 3. The van der Waals surface area contributed by atoms with E-state index in [1.807, 2.05) is 0 Å². The lowest BCUT2D eigenvalue weighted by molar-refractivity contribution is -0.153. The second-order valence-corrected chi connectivity index (χ2v) is 5.41. The van der Waals surface area contributed by atoms with Crippen molar-refractivity contribution in [2.24, 2.45) is 0 Å². The number of hydroxylamine groups is 2. The molecule has 1 aliphatic heterocycles. The highest BCUT2D eigenvalue weighted by molar-refractivity contribution is 6.09. The van der Waals surface area contributed by atoms with E-state index in [2.05, 4.69) is 5.32 Å². The maximum absolute atomic E-state index is 12.8. The molecule has 3 rings (SSSR count). The molecule has 0 radical (unpaired) electrons. The van der Waals surface area contributed by atoms with Crippen LogP contribution < -0.4 is 5.32 Å². The van der Waals surface area contributed by atoms with Crippen LogP contribution in [0.4, 0.5) is 10.1 Å². The van der Waals surface area contributed by atoms with E-state index in [1.165, 1.54) is 42.5 Å². The number of carbonyl (C=O) groups is 3. The molecule has 3 amide bonds. The first kappa shape index (κ1) is 15.8. The van der Waals surface area contributed by atoms with Gasteiger partial charge in [-0.3, -0.25) is 19.6 Å². The number of nitrogens with one attached hydrogen (secondary N) is 1. The van der Waals surface area contributed by atoms with Gasteiger partial charge in [0.1, 0.15) is 5.82 Å². The third-order valence-corrected chi connectivity index (χ3v) is 3.67. The molecule has 0 aliphatic carbocycles. The SMILES string of the molecule is O=C(Cc1ccc(F)cc1)Nc1ccc2c(c1)CC(=O)N(O)C2=O. The maximum Gasteiger partial charge on any atom is 0.284 e. The van der Waals surface area contributed by atoms with Gasteiger partial charge < -0.3 is 5.32 Å². The highest BCUT2D eigenvalue weighted by atomic mass is 19.1. The molecule has 0 saturated carbocycles. The molecule has 0 aromatic heterocycles. The molecule has 7 heteroatoms. The van der Waals surface area contributed by atoms with Gasteiger partial charge in [0.05, 0.1) is 12.8 Å². The van der Waals surface area contributed by atoms with E-state index < -0.39 is 11.8 Å². The molecule has 1 heterocycles. The quantitative estimate of drug-likeness (QED) is 0.666. The minimum Gasteiger partial charge on any atom is -0.326 e. The number of rotatable bonds is 3. The molecule has 0 atom stereocenters. The van der Waals surface area contributed by atoms with Gasteiger partial charge in [-0.2, -0.15) is 5.06 Å². The van der Waals surface area contributed by atoms with E-state index in [-0.39, 0.29) is 35.2 Å². The first-order valence-electron chi connectivity index (χ1n) is 7.17. The van der Waals surface area contributed by atoms with Gasteiger partial charge in [-0.1, -0.05) is 12.1 Å². The second kappa shape index (κ2) is 6.21. The minimum absolute atomic E-state index is 0.0691. The molecule has 0 fully saturated rings. The van der Waals surface area contributed by atoms with Crippen LogP contribution in [0.5, 0.6) is 0 Å². The lowest BCUT2D eigenvalue weighted by Crippen LogP contribution is -2.39. The van der Waals surface area contributed by atoms with Crippen LogP contribution in [0.15, 0.2) is 42.5 Å². The summed E-state index contributed by atoms with van der Waals surface area (Å²) in [6, 6.07) is 10.1. The number of fused-ring (bicyclic) bond motifs is 1. The monoisotopic (exact) mass is 328 g/mol. The van der Waals surface area contributed by atoms with Gasteiger partial charge >= 0.3 is 0 Å². The lowest BCUT2D eigenvalue weighted by atomic mass is 9.99. The Morgan fingerprint density at radius 1 is 1.17 bits per heavy atom. The van der Waals surface area contributed by atoms with Crippen molar-refractivity contribution in [3.05, 3.63) is 65.0 Å². The molecular formula is C17H13FN2O4. The molecule has 0 spiro atoms. The molecule has 2 aromatic carbocycles. The molecule has 0 saturated heterocycles. The Morgan fingerprint density at radius 3 is 2.58 bits per heavy atom.